The van der Waals surface area contributed by atoms with Crippen LogP contribution in [0.1, 0.15) is 26.6 Å². The van der Waals surface area contributed by atoms with Crippen molar-refractivity contribution in [2.45, 2.75) is 38.8 Å². The molecule has 0 fully saturated rings. The fourth-order valence-corrected chi connectivity index (χ4v) is 2.01. The fraction of sp³-hybridized carbons (Fsp3) is 0.400. The number of fused-ring (bicyclic) bond motifs is 1. The van der Waals surface area contributed by atoms with Gasteiger partial charge in [-0.2, -0.15) is 0 Å². The molecule has 1 atom stereocenters. The van der Waals surface area contributed by atoms with Crippen LogP contribution in [-0.4, -0.2) is 38.4 Å². The third-order valence-corrected chi connectivity index (χ3v) is 2.93. The van der Waals surface area contributed by atoms with Crippen LogP contribution in [0.2, 0.25) is 0 Å². The molecular formula is C15H19N3O4. The van der Waals surface area contributed by atoms with Gasteiger partial charge in [-0.15, -0.1) is 0 Å². The molecule has 0 amide bonds. The maximum atomic E-state index is 12.4. The molecule has 1 aromatic heterocycles. The van der Waals surface area contributed by atoms with E-state index in [0.29, 0.717) is 11.0 Å². The van der Waals surface area contributed by atoms with E-state index in [4.69, 9.17) is 15.6 Å². The van der Waals surface area contributed by atoms with Crippen molar-refractivity contribution in [2.75, 3.05) is 0 Å². The standard InChI is InChI=1S/C15H19N3O4/c1-15(2,3)22-14(21)18-11-7-5-4-6-10(11)17-12(18)8-9(16)13(19)20/h4-7,9H,8,16H2,1-3H3,(H,19,20)/t9-/m1/s1. The number of para-hydroxylation sites is 2. The minimum absolute atomic E-state index is 0.0662. The van der Waals surface area contributed by atoms with Crippen LogP contribution in [0.25, 0.3) is 11.0 Å². The first-order chi connectivity index (χ1) is 10.2. The van der Waals surface area contributed by atoms with Crippen molar-refractivity contribution >= 4 is 23.1 Å². The van der Waals surface area contributed by atoms with E-state index in [1.807, 2.05) is 0 Å². The molecule has 118 valence electrons. The number of carboxylic acids is 1. The SMILES string of the molecule is CC(C)(C)OC(=O)n1c(C[C@@H](N)C(=O)O)nc2ccccc21. The third kappa shape index (κ3) is 3.43. The largest absolute Gasteiger partial charge is 0.480 e. The summed E-state index contributed by atoms with van der Waals surface area (Å²) in [5.74, 6) is -0.881. The van der Waals surface area contributed by atoms with Crippen molar-refractivity contribution in [1.29, 1.82) is 0 Å². The van der Waals surface area contributed by atoms with E-state index in [1.54, 1.807) is 45.0 Å². The van der Waals surface area contributed by atoms with Crippen LogP contribution < -0.4 is 5.73 Å². The number of nitrogens with zero attached hydrogens (tertiary/aromatic N) is 2. The highest BCUT2D eigenvalue weighted by molar-refractivity contribution is 5.88. The Bertz CT molecular complexity index is 715. The minimum atomic E-state index is -1.15. The highest BCUT2D eigenvalue weighted by Gasteiger charge is 2.25. The Morgan fingerprint density at radius 3 is 2.59 bits per heavy atom. The second-order valence-corrected chi connectivity index (χ2v) is 5.98. The molecular weight excluding hydrogens is 286 g/mol. The lowest BCUT2D eigenvalue weighted by molar-refractivity contribution is -0.138. The zero-order valence-corrected chi connectivity index (χ0v) is 12.7. The van der Waals surface area contributed by atoms with Gasteiger partial charge in [0, 0.05) is 6.42 Å². The Morgan fingerprint density at radius 1 is 1.36 bits per heavy atom. The number of imidazole rings is 1. The highest BCUT2D eigenvalue weighted by atomic mass is 16.6. The summed E-state index contributed by atoms with van der Waals surface area (Å²) in [5.41, 5.74) is 6.03. The topological polar surface area (TPSA) is 107 Å². The van der Waals surface area contributed by atoms with Crippen LogP contribution in [-0.2, 0) is 16.0 Å². The summed E-state index contributed by atoms with van der Waals surface area (Å²) in [5, 5.41) is 8.96. The molecule has 0 unspecified atom stereocenters. The van der Waals surface area contributed by atoms with E-state index in [0.717, 1.165) is 0 Å². The Hall–Kier alpha value is -2.41. The summed E-state index contributed by atoms with van der Waals surface area (Å²) in [7, 11) is 0. The van der Waals surface area contributed by atoms with Gasteiger partial charge in [0.1, 0.15) is 17.5 Å². The number of aliphatic carboxylic acids is 1. The molecule has 0 saturated heterocycles. The second-order valence-electron chi connectivity index (χ2n) is 5.98. The monoisotopic (exact) mass is 305 g/mol. The van der Waals surface area contributed by atoms with Crippen molar-refractivity contribution in [1.82, 2.24) is 9.55 Å². The van der Waals surface area contributed by atoms with Crippen LogP contribution in [0.15, 0.2) is 24.3 Å². The van der Waals surface area contributed by atoms with Gasteiger partial charge in [0.05, 0.1) is 11.0 Å². The van der Waals surface area contributed by atoms with E-state index < -0.39 is 23.7 Å². The fourth-order valence-electron chi connectivity index (χ4n) is 2.01. The lowest BCUT2D eigenvalue weighted by atomic mass is 10.2. The number of ether oxygens (including phenoxy) is 1. The Labute approximate surface area is 127 Å². The number of carbonyl (C=O) groups excluding carboxylic acids is 1. The van der Waals surface area contributed by atoms with E-state index in [2.05, 4.69) is 4.98 Å². The number of rotatable bonds is 3. The summed E-state index contributed by atoms with van der Waals surface area (Å²) in [6.45, 7) is 5.27. The van der Waals surface area contributed by atoms with Crippen LogP contribution >= 0.6 is 0 Å². The van der Waals surface area contributed by atoms with E-state index in [9.17, 15) is 9.59 Å². The molecule has 22 heavy (non-hydrogen) atoms. The summed E-state index contributed by atoms with van der Waals surface area (Å²) >= 11 is 0. The molecule has 7 heteroatoms. The number of carbonyl (C=O) groups is 2. The molecule has 0 bridgehead atoms. The molecule has 0 saturated carbocycles. The predicted molar refractivity (Wildman–Crippen MR) is 80.7 cm³/mol. The molecule has 1 aromatic carbocycles. The molecule has 7 nitrogen and oxygen atoms in total. The van der Waals surface area contributed by atoms with Gasteiger partial charge in [0.2, 0.25) is 0 Å². The molecule has 0 spiro atoms. The van der Waals surface area contributed by atoms with Crippen LogP contribution in [0.4, 0.5) is 4.79 Å². The number of carboxylic acid groups (broad SMARTS) is 1. The van der Waals surface area contributed by atoms with Gasteiger partial charge >= 0.3 is 12.1 Å². The summed E-state index contributed by atoms with van der Waals surface area (Å²) < 4.78 is 6.65. The average Bonchev–Trinajstić information content (AvgIpc) is 2.74. The van der Waals surface area contributed by atoms with E-state index in [-0.39, 0.29) is 12.2 Å². The maximum absolute atomic E-state index is 12.4. The van der Waals surface area contributed by atoms with Crippen LogP contribution in [0.3, 0.4) is 0 Å². The quantitative estimate of drug-likeness (QED) is 0.895. The van der Waals surface area contributed by atoms with Gasteiger partial charge in [-0.05, 0) is 32.9 Å². The summed E-state index contributed by atoms with van der Waals surface area (Å²) in [4.78, 5) is 27.7. The number of aromatic nitrogens is 2. The lowest BCUT2D eigenvalue weighted by Crippen LogP contribution is -2.35. The zero-order valence-electron chi connectivity index (χ0n) is 12.7. The molecule has 2 rings (SSSR count). The van der Waals surface area contributed by atoms with Gasteiger partial charge in [-0.3, -0.25) is 4.79 Å². The summed E-state index contributed by atoms with van der Waals surface area (Å²) in [6, 6.07) is 5.88. The summed E-state index contributed by atoms with van der Waals surface area (Å²) in [6.07, 6.45) is -0.669. The van der Waals surface area contributed by atoms with E-state index >= 15 is 0 Å². The maximum Gasteiger partial charge on any atom is 0.420 e. The van der Waals surface area contributed by atoms with Gasteiger partial charge in [-0.1, -0.05) is 12.1 Å². The second kappa shape index (κ2) is 5.76. The smallest absolute Gasteiger partial charge is 0.420 e. The van der Waals surface area contributed by atoms with Crippen molar-refractivity contribution in [3.05, 3.63) is 30.1 Å². The number of hydrogen-bond acceptors (Lipinski definition) is 5. The van der Waals surface area contributed by atoms with Crippen molar-refractivity contribution in [3.63, 3.8) is 0 Å². The average molecular weight is 305 g/mol. The normalized spacial score (nSPS) is 13.1. The number of hydrogen-bond donors (Lipinski definition) is 2. The first-order valence-corrected chi connectivity index (χ1v) is 6.87. The molecule has 1 heterocycles. The molecule has 0 aliphatic carbocycles. The van der Waals surface area contributed by atoms with Gasteiger partial charge < -0.3 is 15.6 Å². The lowest BCUT2D eigenvalue weighted by Gasteiger charge is -2.20. The highest BCUT2D eigenvalue weighted by Crippen LogP contribution is 2.19. The number of benzene rings is 1. The minimum Gasteiger partial charge on any atom is -0.480 e. The molecule has 0 radical (unpaired) electrons. The first kappa shape index (κ1) is 16.0. The Kier molecular flexibility index (Phi) is 4.18. The van der Waals surface area contributed by atoms with Crippen molar-refractivity contribution in [2.24, 2.45) is 5.73 Å². The van der Waals surface area contributed by atoms with Crippen molar-refractivity contribution in [3.8, 4) is 0 Å². The molecule has 2 aromatic rings. The predicted octanol–water partition coefficient (Wildman–Crippen LogP) is 1.77. The van der Waals surface area contributed by atoms with E-state index in [1.165, 1.54) is 4.57 Å². The number of nitrogens with two attached hydrogens (primary N) is 1. The van der Waals surface area contributed by atoms with Gasteiger partial charge in [0.25, 0.3) is 0 Å². The van der Waals surface area contributed by atoms with Crippen molar-refractivity contribution < 1.29 is 19.4 Å². The van der Waals surface area contributed by atoms with Crippen LogP contribution in [0.5, 0.6) is 0 Å². The molecule has 0 aliphatic heterocycles. The molecule has 3 N–H and O–H groups in total. The zero-order chi connectivity index (χ0) is 16.5. The van der Waals surface area contributed by atoms with Gasteiger partial charge in [-0.25, -0.2) is 14.3 Å². The van der Waals surface area contributed by atoms with Crippen LogP contribution in [0, 0.1) is 0 Å². The first-order valence-electron chi connectivity index (χ1n) is 6.87. The Morgan fingerprint density at radius 2 is 2.00 bits per heavy atom. The van der Waals surface area contributed by atoms with Gasteiger partial charge in [0.15, 0.2) is 0 Å². The molecule has 0 aliphatic rings. The third-order valence-electron chi connectivity index (χ3n) is 2.93. The Balaban J connectivity index is 2.49.